The van der Waals surface area contributed by atoms with Crippen molar-refractivity contribution >= 4 is 5.69 Å². The predicted octanol–water partition coefficient (Wildman–Crippen LogP) is 3.94. The topological polar surface area (TPSA) is 32.3 Å². The monoisotopic (exact) mass is 249 g/mol. The van der Waals surface area contributed by atoms with Crippen LogP contribution in [-0.4, -0.2) is 5.11 Å². The molecule has 18 heavy (non-hydrogen) atoms. The molecule has 2 N–H and O–H groups in total. The van der Waals surface area contributed by atoms with E-state index in [0.29, 0.717) is 6.54 Å². The zero-order valence-electron chi connectivity index (χ0n) is 9.61. The summed E-state index contributed by atoms with van der Waals surface area (Å²) in [6.45, 7) is 0.464. The number of anilines is 1. The van der Waals surface area contributed by atoms with Crippen LogP contribution >= 0.6 is 0 Å². The third kappa shape index (κ3) is 3.20. The highest BCUT2D eigenvalue weighted by Crippen LogP contribution is 2.20. The fourth-order valence-corrected chi connectivity index (χ4v) is 1.62. The van der Waals surface area contributed by atoms with Crippen molar-refractivity contribution in [2.75, 3.05) is 5.32 Å². The van der Waals surface area contributed by atoms with Gasteiger partial charge in [0.2, 0.25) is 0 Å². The summed E-state index contributed by atoms with van der Waals surface area (Å²) < 4.78 is 25.0. The second-order valence-corrected chi connectivity index (χ2v) is 3.95. The van der Waals surface area contributed by atoms with Crippen LogP contribution in [-0.2, 0) is 6.54 Å². The average molecular weight is 249 g/mol. The molecule has 2 rings (SSSR count). The van der Waals surface area contributed by atoms with E-state index in [0.717, 1.165) is 11.3 Å². The summed E-state index contributed by atoms with van der Waals surface area (Å²) in [7, 11) is 0. The number of hydrogen-bond donors (Lipinski definition) is 2. The van der Waals surface area contributed by atoms with Gasteiger partial charge in [-0.3, -0.25) is 0 Å². The first-order valence-corrected chi connectivity index (χ1v) is 5.55. The van der Waals surface area contributed by atoms with Crippen molar-refractivity contribution in [2.24, 2.45) is 0 Å². The van der Waals surface area contributed by atoms with Crippen molar-refractivity contribution in [3.63, 3.8) is 0 Å². The molecule has 94 valence electrons. The van der Waals surface area contributed by atoms with Gasteiger partial charge in [0.05, 0.1) is 0 Å². The number of halogens is 2. The summed E-state index contributed by atoms with van der Waals surface area (Å²) in [5, 5.41) is 12.2. The zero-order valence-corrected chi connectivity index (χ0v) is 9.61. The highest BCUT2D eigenvalue weighted by Gasteiger charge is 2.06. The van der Waals surface area contributed by atoms with Crippen molar-refractivity contribution in [3.8, 4) is 5.75 Å². The van der Waals surface area contributed by atoms with Gasteiger partial charge in [-0.1, -0.05) is 18.2 Å². The van der Waals surface area contributed by atoms with Gasteiger partial charge in [0, 0.05) is 17.8 Å². The Bertz CT molecular complexity index is 511. The number of alkyl halides is 2. The maximum Gasteiger partial charge on any atom is 0.263 e. The van der Waals surface area contributed by atoms with Crippen LogP contribution in [0.15, 0.2) is 48.5 Å². The fraction of sp³-hybridized carbons (Fsp3) is 0.143. The maximum absolute atomic E-state index is 12.5. The molecule has 0 aliphatic heterocycles. The molecule has 0 fully saturated rings. The van der Waals surface area contributed by atoms with E-state index in [1.165, 1.54) is 12.1 Å². The molecule has 4 heteroatoms. The second-order valence-electron chi connectivity index (χ2n) is 3.95. The summed E-state index contributed by atoms with van der Waals surface area (Å²) >= 11 is 0. The lowest BCUT2D eigenvalue weighted by Gasteiger charge is -2.08. The molecule has 0 aliphatic carbocycles. The molecular weight excluding hydrogens is 236 g/mol. The first kappa shape index (κ1) is 12.4. The molecule has 2 nitrogen and oxygen atoms in total. The van der Waals surface area contributed by atoms with Gasteiger partial charge in [-0.2, -0.15) is 0 Å². The normalized spacial score (nSPS) is 10.6. The summed E-state index contributed by atoms with van der Waals surface area (Å²) in [5.74, 6) is 0.195. The van der Waals surface area contributed by atoms with Gasteiger partial charge in [-0.05, 0) is 35.9 Å². The Morgan fingerprint density at radius 3 is 2.44 bits per heavy atom. The lowest BCUT2D eigenvalue weighted by molar-refractivity contribution is 0.151. The molecule has 0 unspecified atom stereocenters. The Labute approximate surface area is 104 Å². The van der Waals surface area contributed by atoms with E-state index in [9.17, 15) is 8.78 Å². The number of aromatic hydroxyl groups is 1. The van der Waals surface area contributed by atoms with E-state index in [1.54, 1.807) is 36.4 Å². The Morgan fingerprint density at radius 1 is 1.06 bits per heavy atom. The molecule has 0 radical (unpaired) electrons. The van der Waals surface area contributed by atoms with Gasteiger partial charge in [0.15, 0.2) is 0 Å². The molecule has 0 saturated heterocycles. The van der Waals surface area contributed by atoms with E-state index in [4.69, 9.17) is 5.11 Å². The van der Waals surface area contributed by atoms with Gasteiger partial charge in [-0.15, -0.1) is 0 Å². The molecule has 2 aromatic rings. The van der Waals surface area contributed by atoms with Crippen LogP contribution in [0.25, 0.3) is 0 Å². The quantitative estimate of drug-likeness (QED) is 0.804. The molecule has 0 aliphatic rings. The zero-order chi connectivity index (χ0) is 13.0. The Hall–Kier alpha value is -2.10. The summed E-state index contributed by atoms with van der Waals surface area (Å²) in [4.78, 5) is 0. The van der Waals surface area contributed by atoms with Crippen LogP contribution in [0.1, 0.15) is 17.6 Å². The lowest BCUT2D eigenvalue weighted by atomic mass is 10.1. The molecule has 0 saturated carbocycles. The second kappa shape index (κ2) is 5.49. The van der Waals surface area contributed by atoms with Crippen LogP contribution in [0.3, 0.4) is 0 Å². The Kier molecular flexibility index (Phi) is 3.77. The third-order valence-corrected chi connectivity index (χ3v) is 2.57. The maximum atomic E-state index is 12.5. The molecule has 0 amide bonds. The van der Waals surface area contributed by atoms with E-state index < -0.39 is 6.43 Å². The molecule has 0 aromatic heterocycles. The van der Waals surface area contributed by atoms with Crippen LogP contribution in [0, 0.1) is 0 Å². The van der Waals surface area contributed by atoms with Crippen LogP contribution in [0.5, 0.6) is 5.75 Å². The van der Waals surface area contributed by atoms with Crippen molar-refractivity contribution < 1.29 is 13.9 Å². The number of rotatable bonds is 4. The molecule has 0 spiro atoms. The standard InChI is InChI=1S/C14H13F2NO/c15-14(16)11-3-1-2-10(8-11)9-17-12-4-6-13(18)7-5-12/h1-8,14,17-18H,9H2. The van der Waals surface area contributed by atoms with Crippen LogP contribution in [0.2, 0.25) is 0 Å². The van der Waals surface area contributed by atoms with E-state index >= 15 is 0 Å². The van der Waals surface area contributed by atoms with Crippen LogP contribution in [0.4, 0.5) is 14.5 Å². The SMILES string of the molecule is Oc1ccc(NCc2cccc(C(F)F)c2)cc1. The summed E-state index contributed by atoms with van der Waals surface area (Å²) in [6, 6.07) is 12.9. The number of hydrogen-bond acceptors (Lipinski definition) is 2. The number of nitrogens with one attached hydrogen (secondary N) is 1. The number of phenols is 1. The predicted molar refractivity (Wildman–Crippen MR) is 66.8 cm³/mol. The van der Waals surface area contributed by atoms with E-state index in [2.05, 4.69) is 5.32 Å². The Morgan fingerprint density at radius 2 is 1.78 bits per heavy atom. The minimum Gasteiger partial charge on any atom is -0.508 e. The minimum absolute atomic E-state index is 0.0278. The molecular formula is C14H13F2NO. The van der Waals surface area contributed by atoms with Gasteiger partial charge in [-0.25, -0.2) is 8.78 Å². The molecule has 0 heterocycles. The third-order valence-electron chi connectivity index (χ3n) is 2.57. The Balaban J connectivity index is 2.01. The highest BCUT2D eigenvalue weighted by molar-refractivity contribution is 5.46. The van der Waals surface area contributed by atoms with Gasteiger partial charge in [0.25, 0.3) is 6.43 Å². The minimum atomic E-state index is -2.45. The van der Waals surface area contributed by atoms with Crippen LogP contribution < -0.4 is 5.32 Å². The van der Waals surface area contributed by atoms with Crippen molar-refractivity contribution in [1.29, 1.82) is 0 Å². The molecule has 0 bridgehead atoms. The van der Waals surface area contributed by atoms with Gasteiger partial charge < -0.3 is 10.4 Å². The van der Waals surface area contributed by atoms with E-state index in [1.807, 2.05) is 0 Å². The number of phenolic OH excluding ortho intramolecular Hbond substituents is 1. The smallest absolute Gasteiger partial charge is 0.263 e. The fourth-order valence-electron chi connectivity index (χ4n) is 1.62. The lowest BCUT2D eigenvalue weighted by Crippen LogP contribution is -1.99. The molecule has 0 atom stereocenters. The largest absolute Gasteiger partial charge is 0.508 e. The first-order chi connectivity index (χ1) is 8.65. The van der Waals surface area contributed by atoms with Crippen molar-refractivity contribution in [1.82, 2.24) is 0 Å². The van der Waals surface area contributed by atoms with Gasteiger partial charge >= 0.3 is 0 Å². The summed E-state index contributed by atoms with van der Waals surface area (Å²) in [5.41, 5.74) is 1.65. The number of benzene rings is 2. The highest BCUT2D eigenvalue weighted by atomic mass is 19.3. The average Bonchev–Trinajstić information content (AvgIpc) is 2.38. The molecule has 2 aromatic carbocycles. The van der Waals surface area contributed by atoms with Gasteiger partial charge in [0.1, 0.15) is 5.75 Å². The van der Waals surface area contributed by atoms with Crippen molar-refractivity contribution in [3.05, 3.63) is 59.7 Å². The van der Waals surface area contributed by atoms with Crippen molar-refractivity contribution in [2.45, 2.75) is 13.0 Å². The first-order valence-electron chi connectivity index (χ1n) is 5.55. The van der Waals surface area contributed by atoms with E-state index in [-0.39, 0.29) is 11.3 Å². The summed E-state index contributed by atoms with van der Waals surface area (Å²) in [6.07, 6.45) is -2.45.